The highest BCUT2D eigenvalue weighted by atomic mass is 16.3. The number of carbonyl (C=O) groups is 1. The van der Waals surface area contributed by atoms with E-state index in [0.717, 1.165) is 30.5 Å². The lowest BCUT2D eigenvalue weighted by atomic mass is 10.0. The highest BCUT2D eigenvalue weighted by molar-refractivity contribution is 5.98. The largest absolute Gasteiger partial charge is 0.459 e. The lowest BCUT2D eigenvalue weighted by molar-refractivity contribution is 0.0648. The molecule has 1 aliphatic rings. The highest BCUT2D eigenvalue weighted by Gasteiger charge is 2.28. The van der Waals surface area contributed by atoms with Gasteiger partial charge >= 0.3 is 0 Å². The fourth-order valence-electron chi connectivity index (χ4n) is 3.33. The van der Waals surface area contributed by atoms with Crippen LogP contribution in [0.2, 0.25) is 0 Å². The van der Waals surface area contributed by atoms with Gasteiger partial charge < -0.3 is 13.9 Å². The maximum absolute atomic E-state index is 13.0. The number of aromatic nitrogens is 2. The quantitative estimate of drug-likeness (QED) is 0.740. The Kier molecular flexibility index (Phi) is 3.91. The van der Waals surface area contributed by atoms with Crippen molar-refractivity contribution in [2.45, 2.75) is 18.9 Å². The number of imidazole rings is 1. The number of furan rings is 1. The molecule has 0 aliphatic carbocycles. The molecule has 1 atom stereocenters. The maximum atomic E-state index is 13.0. The van der Waals surface area contributed by atoms with Crippen molar-refractivity contribution < 1.29 is 9.21 Å². The van der Waals surface area contributed by atoms with Crippen molar-refractivity contribution in [3.05, 3.63) is 67.1 Å². The second-order valence-electron chi connectivity index (χ2n) is 6.09. The van der Waals surface area contributed by atoms with Gasteiger partial charge in [-0.2, -0.15) is 0 Å². The molecule has 1 fully saturated rings. The van der Waals surface area contributed by atoms with Gasteiger partial charge in [0.05, 0.1) is 18.6 Å². The molecule has 122 valence electrons. The summed E-state index contributed by atoms with van der Waals surface area (Å²) >= 11 is 0. The van der Waals surface area contributed by atoms with Crippen LogP contribution >= 0.6 is 0 Å². The van der Waals surface area contributed by atoms with Crippen molar-refractivity contribution in [1.82, 2.24) is 14.5 Å². The standard InChI is InChI=1S/C19H19N3O2/c23-19(18-17(8-12-24-18)15-5-2-1-3-6-15)21-10-4-7-16(13-21)22-11-9-20-14-22/h1-3,5-6,8-9,11-12,14,16H,4,7,10,13H2. The SMILES string of the molecule is O=C(c1occc1-c1ccccc1)N1CCCC(n2ccnc2)C1. The number of likely N-dealkylation sites (tertiary alicyclic amines) is 1. The molecule has 24 heavy (non-hydrogen) atoms. The van der Waals surface area contributed by atoms with Crippen LogP contribution in [0.3, 0.4) is 0 Å². The van der Waals surface area contributed by atoms with E-state index in [0.29, 0.717) is 12.3 Å². The van der Waals surface area contributed by atoms with E-state index in [-0.39, 0.29) is 11.9 Å². The van der Waals surface area contributed by atoms with Crippen molar-refractivity contribution in [3.63, 3.8) is 0 Å². The number of carbonyl (C=O) groups excluding carboxylic acids is 1. The molecule has 1 amide bonds. The molecule has 1 saturated heterocycles. The van der Waals surface area contributed by atoms with Crippen LogP contribution in [0.25, 0.3) is 11.1 Å². The first-order valence-electron chi connectivity index (χ1n) is 8.22. The number of rotatable bonds is 3. The summed E-state index contributed by atoms with van der Waals surface area (Å²) in [6.07, 6.45) is 9.19. The Morgan fingerprint density at radius 1 is 1.21 bits per heavy atom. The Morgan fingerprint density at radius 3 is 2.88 bits per heavy atom. The van der Waals surface area contributed by atoms with Gasteiger partial charge in [0, 0.05) is 31.0 Å². The molecule has 4 rings (SSSR count). The predicted octanol–water partition coefficient (Wildman–Crippen LogP) is 3.62. The van der Waals surface area contributed by atoms with E-state index in [2.05, 4.69) is 9.55 Å². The Bertz CT molecular complexity index is 808. The summed E-state index contributed by atoms with van der Waals surface area (Å²) in [6.45, 7) is 1.45. The summed E-state index contributed by atoms with van der Waals surface area (Å²) in [6, 6.07) is 12.0. The van der Waals surface area contributed by atoms with Crippen molar-refractivity contribution in [1.29, 1.82) is 0 Å². The molecular formula is C19H19N3O2. The summed E-state index contributed by atoms with van der Waals surface area (Å²) in [7, 11) is 0. The molecule has 0 radical (unpaired) electrons. The molecule has 3 heterocycles. The van der Waals surface area contributed by atoms with E-state index in [9.17, 15) is 4.79 Å². The van der Waals surface area contributed by atoms with Crippen molar-refractivity contribution in [2.24, 2.45) is 0 Å². The number of hydrogen-bond acceptors (Lipinski definition) is 3. The van der Waals surface area contributed by atoms with E-state index in [1.54, 1.807) is 12.5 Å². The molecule has 0 spiro atoms. The zero-order valence-electron chi connectivity index (χ0n) is 13.3. The lowest BCUT2D eigenvalue weighted by Gasteiger charge is -2.33. The number of amides is 1. The molecule has 3 aromatic rings. The summed E-state index contributed by atoms with van der Waals surface area (Å²) in [4.78, 5) is 19.0. The maximum Gasteiger partial charge on any atom is 0.290 e. The van der Waals surface area contributed by atoms with Gasteiger partial charge in [-0.05, 0) is 24.5 Å². The van der Waals surface area contributed by atoms with Gasteiger partial charge in [0.2, 0.25) is 0 Å². The molecule has 5 nitrogen and oxygen atoms in total. The molecule has 0 N–H and O–H groups in total. The molecule has 0 bridgehead atoms. The van der Waals surface area contributed by atoms with Crippen LogP contribution in [0, 0.1) is 0 Å². The Morgan fingerprint density at radius 2 is 2.08 bits per heavy atom. The second kappa shape index (κ2) is 6.35. The molecule has 1 aromatic carbocycles. The van der Waals surface area contributed by atoms with E-state index in [1.165, 1.54) is 0 Å². The third-order valence-corrected chi connectivity index (χ3v) is 4.57. The average molecular weight is 321 g/mol. The zero-order valence-corrected chi connectivity index (χ0v) is 13.3. The van der Waals surface area contributed by atoms with Gasteiger partial charge in [-0.3, -0.25) is 4.79 Å². The van der Waals surface area contributed by atoms with Gasteiger partial charge in [0.1, 0.15) is 0 Å². The normalized spacial score (nSPS) is 17.8. The molecule has 0 saturated carbocycles. The summed E-state index contributed by atoms with van der Waals surface area (Å²) in [5, 5.41) is 0. The monoisotopic (exact) mass is 321 g/mol. The van der Waals surface area contributed by atoms with Crippen molar-refractivity contribution >= 4 is 5.91 Å². The Labute approximate surface area is 140 Å². The van der Waals surface area contributed by atoms with E-state index < -0.39 is 0 Å². The summed E-state index contributed by atoms with van der Waals surface area (Å²) < 4.78 is 7.63. The zero-order chi connectivity index (χ0) is 16.4. The van der Waals surface area contributed by atoms with Crippen LogP contribution in [0.4, 0.5) is 0 Å². The van der Waals surface area contributed by atoms with Crippen LogP contribution in [0.15, 0.2) is 65.8 Å². The number of hydrogen-bond donors (Lipinski definition) is 0. The molecule has 1 aliphatic heterocycles. The van der Waals surface area contributed by atoms with E-state index >= 15 is 0 Å². The average Bonchev–Trinajstić information content (AvgIpc) is 3.34. The van der Waals surface area contributed by atoms with Crippen molar-refractivity contribution in [3.8, 4) is 11.1 Å². The van der Waals surface area contributed by atoms with Crippen LogP contribution in [-0.4, -0.2) is 33.4 Å². The van der Waals surface area contributed by atoms with Gasteiger partial charge in [-0.25, -0.2) is 4.98 Å². The van der Waals surface area contributed by atoms with Crippen LogP contribution < -0.4 is 0 Å². The smallest absolute Gasteiger partial charge is 0.290 e. The van der Waals surface area contributed by atoms with E-state index in [4.69, 9.17) is 4.42 Å². The first kappa shape index (κ1) is 14.8. The van der Waals surface area contributed by atoms with Crippen molar-refractivity contribution in [2.75, 3.05) is 13.1 Å². The van der Waals surface area contributed by atoms with Gasteiger partial charge in [0.15, 0.2) is 5.76 Å². The summed E-state index contributed by atoms with van der Waals surface area (Å²) in [5.41, 5.74) is 1.85. The fraction of sp³-hybridized carbons (Fsp3) is 0.263. The molecule has 1 unspecified atom stereocenters. The highest BCUT2D eigenvalue weighted by Crippen LogP contribution is 2.28. The van der Waals surface area contributed by atoms with E-state index in [1.807, 2.05) is 53.8 Å². The third-order valence-electron chi connectivity index (χ3n) is 4.57. The van der Waals surface area contributed by atoms with Gasteiger partial charge in [-0.15, -0.1) is 0 Å². The fourth-order valence-corrected chi connectivity index (χ4v) is 3.33. The van der Waals surface area contributed by atoms with Crippen LogP contribution in [0.1, 0.15) is 29.4 Å². The topological polar surface area (TPSA) is 51.3 Å². The minimum absolute atomic E-state index is 0.0383. The number of nitrogens with zero attached hydrogens (tertiary/aromatic N) is 3. The molecule has 5 heteroatoms. The second-order valence-corrected chi connectivity index (χ2v) is 6.09. The minimum Gasteiger partial charge on any atom is -0.459 e. The summed E-state index contributed by atoms with van der Waals surface area (Å²) in [5.74, 6) is 0.385. The van der Waals surface area contributed by atoms with Crippen LogP contribution in [0.5, 0.6) is 0 Å². The third kappa shape index (κ3) is 2.73. The van der Waals surface area contributed by atoms with Gasteiger partial charge in [0.25, 0.3) is 5.91 Å². The molecular weight excluding hydrogens is 302 g/mol. The lowest BCUT2D eigenvalue weighted by Crippen LogP contribution is -2.40. The number of piperidine rings is 1. The predicted molar refractivity (Wildman–Crippen MR) is 90.5 cm³/mol. The first-order valence-corrected chi connectivity index (χ1v) is 8.22. The Hall–Kier alpha value is -2.82. The van der Waals surface area contributed by atoms with Crippen LogP contribution in [-0.2, 0) is 0 Å². The Balaban J connectivity index is 1.57. The first-order chi connectivity index (χ1) is 11.8. The minimum atomic E-state index is -0.0383. The number of benzene rings is 1. The van der Waals surface area contributed by atoms with Gasteiger partial charge in [-0.1, -0.05) is 30.3 Å². The molecule has 2 aromatic heterocycles.